The van der Waals surface area contributed by atoms with E-state index < -0.39 is 6.09 Å². The third-order valence-corrected chi connectivity index (χ3v) is 2.74. The van der Waals surface area contributed by atoms with Gasteiger partial charge in [-0.1, -0.05) is 0 Å². The predicted octanol–water partition coefficient (Wildman–Crippen LogP) is -0.0675. The molecule has 2 heterocycles. The SMILES string of the molecule is Cc1nc2c(n1CCOC(N)=O)CCNC2. The normalized spacial score (nSPS) is 14.6. The highest BCUT2D eigenvalue weighted by Crippen LogP contribution is 2.15. The second-order valence-corrected chi connectivity index (χ2v) is 3.80. The van der Waals surface area contributed by atoms with E-state index in [1.165, 1.54) is 5.69 Å². The molecule has 2 rings (SSSR count). The van der Waals surface area contributed by atoms with Crippen molar-refractivity contribution in [2.24, 2.45) is 5.73 Å². The summed E-state index contributed by atoms with van der Waals surface area (Å²) in [6.45, 7) is 4.67. The lowest BCUT2D eigenvalue weighted by Gasteiger charge is -2.15. The van der Waals surface area contributed by atoms with Gasteiger partial charge < -0.3 is 20.4 Å². The van der Waals surface area contributed by atoms with Crippen LogP contribution in [0.5, 0.6) is 0 Å². The molecule has 0 unspecified atom stereocenters. The van der Waals surface area contributed by atoms with Gasteiger partial charge >= 0.3 is 6.09 Å². The Morgan fingerprint density at radius 3 is 3.25 bits per heavy atom. The highest BCUT2D eigenvalue weighted by molar-refractivity contribution is 5.64. The van der Waals surface area contributed by atoms with Crippen LogP contribution in [0.2, 0.25) is 0 Å². The molecule has 0 atom stereocenters. The minimum Gasteiger partial charge on any atom is -0.448 e. The molecule has 0 saturated carbocycles. The van der Waals surface area contributed by atoms with E-state index in [9.17, 15) is 4.79 Å². The fourth-order valence-electron chi connectivity index (χ4n) is 2.04. The second-order valence-electron chi connectivity index (χ2n) is 3.80. The molecule has 6 nitrogen and oxygen atoms in total. The molecule has 16 heavy (non-hydrogen) atoms. The number of hydrogen-bond acceptors (Lipinski definition) is 4. The Bertz CT molecular complexity index is 400. The highest BCUT2D eigenvalue weighted by Gasteiger charge is 2.17. The third kappa shape index (κ3) is 2.16. The van der Waals surface area contributed by atoms with Crippen molar-refractivity contribution in [3.63, 3.8) is 0 Å². The zero-order valence-corrected chi connectivity index (χ0v) is 9.32. The number of amides is 1. The van der Waals surface area contributed by atoms with Crippen LogP contribution >= 0.6 is 0 Å². The maximum absolute atomic E-state index is 10.5. The first-order chi connectivity index (χ1) is 7.68. The van der Waals surface area contributed by atoms with Gasteiger partial charge in [-0.25, -0.2) is 9.78 Å². The molecule has 0 aromatic carbocycles. The summed E-state index contributed by atoms with van der Waals surface area (Å²) < 4.78 is 6.83. The third-order valence-electron chi connectivity index (χ3n) is 2.74. The zero-order valence-electron chi connectivity index (χ0n) is 9.32. The molecule has 1 aromatic rings. The lowest BCUT2D eigenvalue weighted by Crippen LogP contribution is -2.26. The minimum atomic E-state index is -0.728. The number of nitrogens with zero attached hydrogens (tertiary/aromatic N) is 2. The van der Waals surface area contributed by atoms with E-state index in [1.54, 1.807) is 0 Å². The molecule has 0 saturated heterocycles. The van der Waals surface area contributed by atoms with Gasteiger partial charge in [0.2, 0.25) is 0 Å². The summed E-state index contributed by atoms with van der Waals surface area (Å²) in [4.78, 5) is 14.9. The number of ether oxygens (including phenoxy) is 1. The van der Waals surface area contributed by atoms with Crippen LogP contribution in [0, 0.1) is 6.92 Å². The van der Waals surface area contributed by atoms with Crippen molar-refractivity contribution in [2.45, 2.75) is 26.4 Å². The predicted molar refractivity (Wildman–Crippen MR) is 57.9 cm³/mol. The summed E-state index contributed by atoms with van der Waals surface area (Å²) in [6, 6.07) is 0. The smallest absolute Gasteiger partial charge is 0.404 e. The number of imidazole rings is 1. The molecule has 0 fully saturated rings. The van der Waals surface area contributed by atoms with Crippen molar-refractivity contribution >= 4 is 6.09 Å². The quantitative estimate of drug-likeness (QED) is 0.753. The standard InChI is InChI=1S/C10H16N4O2/c1-7-13-8-6-12-3-2-9(8)14(7)4-5-16-10(11)15/h12H,2-6H2,1H3,(H2,11,15). The van der Waals surface area contributed by atoms with Crippen molar-refractivity contribution < 1.29 is 9.53 Å². The van der Waals surface area contributed by atoms with Crippen molar-refractivity contribution in [1.82, 2.24) is 14.9 Å². The molecule has 1 amide bonds. The van der Waals surface area contributed by atoms with E-state index in [0.29, 0.717) is 13.2 Å². The number of fused-ring (bicyclic) bond motifs is 1. The van der Waals surface area contributed by atoms with Crippen LogP contribution in [0.4, 0.5) is 4.79 Å². The first-order valence-corrected chi connectivity index (χ1v) is 5.36. The Morgan fingerprint density at radius 2 is 2.50 bits per heavy atom. The molecule has 3 N–H and O–H groups in total. The molecule has 1 aliphatic heterocycles. The number of carbonyl (C=O) groups is 1. The van der Waals surface area contributed by atoms with Crippen LogP contribution in [0.1, 0.15) is 17.2 Å². The summed E-state index contributed by atoms with van der Waals surface area (Å²) in [6.07, 6.45) is 0.237. The van der Waals surface area contributed by atoms with Crippen LogP contribution in [-0.4, -0.2) is 28.8 Å². The van der Waals surface area contributed by atoms with Crippen molar-refractivity contribution in [3.05, 3.63) is 17.2 Å². The largest absolute Gasteiger partial charge is 0.448 e. The van der Waals surface area contributed by atoms with Crippen LogP contribution < -0.4 is 11.1 Å². The molecule has 0 spiro atoms. The van der Waals surface area contributed by atoms with Crippen LogP contribution in [-0.2, 0) is 24.2 Å². The van der Waals surface area contributed by atoms with E-state index in [2.05, 4.69) is 14.9 Å². The number of hydrogen-bond donors (Lipinski definition) is 2. The number of aromatic nitrogens is 2. The van der Waals surface area contributed by atoms with Gasteiger partial charge in [0.25, 0.3) is 0 Å². The number of rotatable bonds is 3. The average molecular weight is 224 g/mol. The summed E-state index contributed by atoms with van der Waals surface area (Å²) in [5, 5.41) is 3.27. The Labute approximate surface area is 93.8 Å². The topological polar surface area (TPSA) is 82.2 Å². The Morgan fingerprint density at radius 1 is 1.69 bits per heavy atom. The van der Waals surface area contributed by atoms with Crippen molar-refractivity contribution in [2.75, 3.05) is 13.2 Å². The summed E-state index contributed by atoms with van der Waals surface area (Å²) >= 11 is 0. The maximum atomic E-state index is 10.5. The van der Waals surface area contributed by atoms with Gasteiger partial charge in [-0.2, -0.15) is 0 Å². The number of nitrogens with one attached hydrogen (secondary N) is 1. The Balaban J connectivity index is 2.07. The number of nitrogens with two attached hydrogens (primary N) is 1. The molecule has 0 radical (unpaired) electrons. The molecule has 1 aliphatic rings. The maximum Gasteiger partial charge on any atom is 0.404 e. The minimum absolute atomic E-state index is 0.298. The van der Waals surface area contributed by atoms with Gasteiger partial charge in [0.05, 0.1) is 12.2 Å². The average Bonchev–Trinajstić information content (AvgIpc) is 2.55. The van der Waals surface area contributed by atoms with Crippen molar-refractivity contribution in [1.29, 1.82) is 0 Å². The molecule has 6 heteroatoms. The van der Waals surface area contributed by atoms with Crippen LogP contribution in [0.3, 0.4) is 0 Å². The summed E-state index contributed by atoms with van der Waals surface area (Å²) in [7, 11) is 0. The van der Waals surface area contributed by atoms with Gasteiger partial charge in [0.1, 0.15) is 12.4 Å². The fourth-order valence-corrected chi connectivity index (χ4v) is 2.04. The van der Waals surface area contributed by atoms with Gasteiger partial charge in [0, 0.05) is 25.2 Å². The molecule has 1 aromatic heterocycles. The number of carbonyl (C=O) groups excluding carboxylic acids is 1. The van der Waals surface area contributed by atoms with E-state index in [0.717, 1.165) is 31.0 Å². The highest BCUT2D eigenvalue weighted by atomic mass is 16.5. The van der Waals surface area contributed by atoms with E-state index >= 15 is 0 Å². The van der Waals surface area contributed by atoms with E-state index in [-0.39, 0.29) is 0 Å². The van der Waals surface area contributed by atoms with Gasteiger partial charge in [0.15, 0.2) is 0 Å². The van der Waals surface area contributed by atoms with Crippen molar-refractivity contribution in [3.8, 4) is 0 Å². The molecule has 88 valence electrons. The first kappa shape index (κ1) is 10.9. The lowest BCUT2D eigenvalue weighted by molar-refractivity contribution is 0.151. The molecular weight excluding hydrogens is 208 g/mol. The van der Waals surface area contributed by atoms with Gasteiger partial charge in [-0.05, 0) is 6.92 Å². The Hall–Kier alpha value is -1.56. The first-order valence-electron chi connectivity index (χ1n) is 5.36. The van der Waals surface area contributed by atoms with E-state index in [4.69, 9.17) is 10.5 Å². The van der Waals surface area contributed by atoms with Gasteiger partial charge in [-0.3, -0.25) is 0 Å². The van der Waals surface area contributed by atoms with Crippen LogP contribution in [0.15, 0.2) is 0 Å². The summed E-state index contributed by atoms with van der Waals surface area (Å²) in [5.74, 6) is 0.960. The monoisotopic (exact) mass is 224 g/mol. The zero-order chi connectivity index (χ0) is 11.5. The summed E-state index contributed by atoms with van der Waals surface area (Å²) in [5.41, 5.74) is 7.25. The molecular formula is C10H16N4O2. The molecule has 0 aliphatic carbocycles. The van der Waals surface area contributed by atoms with E-state index in [1.807, 2.05) is 6.92 Å². The Kier molecular flexibility index (Phi) is 3.09. The number of aryl methyl sites for hydroxylation is 1. The fraction of sp³-hybridized carbons (Fsp3) is 0.600. The van der Waals surface area contributed by atoms with Gasteiger partial charge in [-0.15, -0.1) is 0 Å². The van der Waals surface area contributed by atoms with Crippen LogP contribution in [0.25, 0.3) is 0 Å². The lowest BCUT2D eigenvalue weighted by atomic mass is 10.2. The second kappa shape index (κ2) is 4.52. The number of primary amides is 1. The molecule has 0 bridgehead atoms.